The zero-order valence-electron chi connectivity index (χ0n) is 10.9. The topological polar surface area (TPSA) is 24.5 Å². The summed E-state index contributed by atoms with van der Waals surface area (Å²) in [7, 11) is 0. The third-order valence-corrected chi connectivity index (χ3v) is 3.98. The van der Waals surface area contributed by atoms with Crippen molar-refractivity contribution in [1.82, 2.24) is 10.2 Å². The Hall–Kier alpha value is -1.06. The van der Waals surface area contributed by atoms with Crippen molar-refractivity contribution < 1.29 is 4.74 Å². The number of rotatable bonds is 4. The Morgan fingerprint density at radius 1 is 1.22 bits per heavy atom. The molecule has 0 aliphatic carbocycles. The van der Waals surface area contributed by atoms with Gasteiger partial charge in [-0.2, -0.15) is 0 Å². The summed E-state index contributed by atoms with van der Waals surface area (Å²) in [6, 6.07) is 8.87. The smallest absolute Gasteiger partial charge is 0.124 e. The van der Waals surface area contributed by atoms with Crippen molar-refractivity contribution in [2.24, 2.45) is 0 Å². The number of hydrogen-bond acceptors (Lipinski definition) is 3. The van der Waals surface area contributed by atoms with Crippen molar-refractivity contribution in [3.05, 3.63) is 29.8 Å². The Bertz CT molecular complexity index is 388. The highest BCUT2D eigenvalue weighted by Gasteiger charge is 2.20. The van der Waals surface area contributed by atoms with E-state index in [9.17, 15) is 0 Å². The van der Waals surface area contributed by atoms with Crippen LogP contribution in [0, 0.1) is 0 Å². The van der Waals surface area contributed by atoms with E-state index in [1.807, 2.05) is 6.07 Å². The van der Waals surface area contributed by atoms with Crippen LogP contribution in [0.2, 0.25) is 0 Å². The lowest BCUT2D eigenvalue weighted by Crippen LogP contribution is -2.34. The van der Waals surface area contributed by atoms with Crippen LogP contribution in [0.25, 0.3) is 0 Å². The lowest BCUT2D eigenvalue weighted by atomic mass is 10.0. The van der Waals surface area contributed by atoms with Gasteiger partial charge in [-0.25, -0.2) is 0 Å². The molecule has 0 radical (unpaired) electrons. The highest BCUT2D eigenvalue weighted by Crippen LogP contribution is 2.31. The van der Waals surface area contributed by atoms with Crippen LogP contribution in [-0.2, 0) is 0 Å². The summed E-state index contributed by atoms with van der Waals surface area (Å²) >= 11 is 0. The number of hydrogen-bond donors (Lipinski definition) is 1. The van der Waals surface area contributed by atoms with Gasteiger partial charge in [0.2, 0.25) is 0 Å². The van der Waals surface area contributed by atoms with E-state index in [-0.39, 0.29) is 0 Å². The molecule has 18 heavy (non-hydrogen) atoms. The maximum absolute atomic E-state index is 5.68. The van der Waals surface area contributed by atoms with E-state index < -0.39 is 0 Å². The highest BCUT2D eigenvalue weighted by atomic mass is 16.5. The number of nitrogens with one attached hydrogen (secondary N) is 1. The van der Waals surface area contributed by atoms with E-state index in [0.29, 0.717) is 6.04 Å². The fraction of sp³-hybridized carbons (Fsp3) is 0.600. The monoisotopic (exact) mass is 246 g/mol. The molecule has 1 fully saturated rings. The second-order valence-corrected chi connectivity index (χ2v) is 5.23. The fourth-order valence-electron chi connectivity index (χ4n) is 2.96. The molecule has 3 rings (SSSR count). The molecule has 1 aromatic carbocycles. The third-order valence-electron chi connectivity index (χ3n) is 3.98. The fourth-order valence-corrected chi connectivity index (χ4v) is 2.96. The Kier molecular flexibility index (Phi) is 3.81. The number of ether oxygens (including phenoxy) is 1. The molecular formula is C15H22N2O. The summed E-state index contributed by atoms with van der Waals surface area (Å²) in [5.41, 5.74) is 1.32. The van der Waals surface area contributed by atoms with Crippen molar-refractivity contribution in [3.63, 3.8) is 0 Å². The van der Waals surface area contributed by atoms with Gasteiger partial charge >= 0.3 is 0 Å². The predicted octanol–water partition coefficient (Wildman–Crippen LogP) is 2.20. The van der Waals surface area contributed by atoms with Crippen LogP contribution in [0.4, 0.5) is 0 Å². The van der Waals surface area contributed by atoms with Gasteiger partial charge in [-0.3, -0.25) is 0 Å². The van der Waals surface area contributed by atoms with Gasteiger partial charge in [0, 0.05) is 31.1 Å². The summed E-state index contributed by atoms with van der Waals surface area (Å²) in [6.07, 6.45) is 3.83. The predicted molar refractivity (Wildman–Crippen MR) is 73.0 cm³/mol. The Morgan fingerprint density at radius 2 is 2.06 bits per heavy atom. The van der Waals surface area contributed by atoms with E-state index in [4.69, 9.17) is 4.74 Å². The molecule has 2 aliphatic rings. The zero-order valence-corrected chi connectivity index (χ0v) is 10.9. The molecule has 0 saturated carbocycles. The first-order chi connectivity index (χ1) is 8.93. The average molecular weight is 246 g/mol. The van der Waals surface area contributed by atoms with E-state index in [2.05, 4.69) is 28.4 Å². The summed E-state index contributed by atoms with van der Waals surface area (Å²) in [4.78, 5) is 2.55. The first kappa shape index (κ1) is 12.0. The molecule has 3 heteroatoms. The van der Waals surface area contributed by atoms with E-state index in [1.165, 1.54) is 38.0 Å². The van der Waals surface area contributed by atoms with Gasteiger partial charge in [0.05, 0.1) is 6.61 Å². The van der Waals surface area contributed by atoms with Gasteiger partial charge in [0.1, 0.15) is 5.75 Å². The van der Waals surface area contributed by atoms with Crippen LogP contribution < -0.4 is 10.1 Å². The maximum atomic E-state index is 5.68. The average Bonchev–Trinajstić information content (AvgIpc) is 2.92. The number of nitrogens with zero attached hydrogens (tertiary/aromatic N) is 1. The van der Waals surface area contributed by atoms with E-state index in [0.717, 1.165) is 25.3 Å². The molecule has 0 amide bonds. The van der Waals surface area contributed by atoms with Crippen LogP contribution in [0.3, 0.4) is 0 Å². The maximum Gasteiger partial charge on any atom is 0.124 e. The van der Waals surface area contributed by atoms with Crippen molar-refractivity contribution in [3.8, 4) is 5.75 Å². The van der Waals surface area contributed by atoms with Gasteiger partial charge in [-0.1, -0.05) is 18.2 Å². The summed E-state index contributed by atoms with van der Waals surface area (Å²) in [5, 5.41) is 3.68. The molecule has 2 aliphatic heterocycles. The van der Waals surface area contributed by atoms with Crippen LogP contribution >= 0.6 is 0 Å². The molecule has 0 spiro atoms. The number of benzene rings is 1. The van der Waals surface area contributed by atoms with Crippen molar-refractivity contribution in [2.45, 2.75) is 25.3 Å². The van der Waals surface area contributed by atoms with Crippen molar-refractivity contribution >= 4 is 0 Å². The minimum absolute atomic E-state index is 0.470. The molecule has 2 heterocycles. The molecule has 1 N–H and O–H groups in total. The Balaban J connectivity index is 1.54. The van der Waals surface area contributed by atoms with Crippen molar-refractivity contribution in [2.75, 3.05) is 32.8 Å². The van der Waals surface area contributed by atoms with Gasteiger partial charge < -0.3 is 15.0 Å². The summed E-state index contributed by atoms with van der Waals surface area (Å²) in [6.45, 7) is 5.66. The Labute approximate surface area is 109 Å². The minimum Gasteiger partial charge on any atom is -0.493 e. The summed E-state index contributed by atoms with van der Waals surface area (Å²) < 4.78 is 5.68. The van der Waals surface area contributed by atoms with Crippen molar-refractivity contribution in [1.29, 1.82) is 0 Å². The second kappa shape index (κ2) is 5.72. The first-order valence-electron chi connectivity index (χ1n) is 7.11. The highest BCUT2D eigenvalue weighted by molar-refractivity contribution is 5.37. The lowest BCUT2D eigenvalue weighted by Gasteiger charge is -2.27. The van der Waals surface area contributed by atoms with E-state index in [1.54, 1.807) is 0 Å². The van der Waals surface area contributed by atoms with Crippen LogP contribution in [0.5, 0.6) is 5.75 Å². The molecule has 3 nitrogen and oxygen atoms in total. The lowest BCUT2D eigenvalue weighted by molar-refractivity contribution is 0.246. The molecule has 1 atom stereocenters. The van der Waals surface area contributed by atoms with Crippen LogP contribution in [0.1, 0.15) is 30.9 Å². The first-order valence-corrected chi connectivity index (χ1v) is 7.11. The van der Waals surface area contributed by atoms with Gasteiger partial charge in [-0.15, -0.1) is 0 Å². The molecule has 98 valence electrons. The Morgan fingerprint density at radius 3 is 2.94 bits per heavy atom. The number of likely N-dealkylation sites (tertiary alicyclic amines) is 1. The normalized spacial score (nSPS) is 23.7. The largest absolute Gasteiger partial charge is 0.493 e. The van der Waals surface area contributed by atoms with E-state index >= 15 is 0 Å². The molecular weight excluding hydrogens is 224 g/mol. The van der Waals surface area contributed by atoms with Crippen LogP contribution in [0.15, 0.2) is 24.3 Å². The molecule has 1 aromatic rings. The SMILES string of the molecule is c1ccc2c(c1)OCCC2NCCN1CCCC1. The molecule has 0 aromatic heterocycles. The molecule has 1 saturated heterocycles. The standard InChI is InChI=1S/C15H22N2O/c1-2-6-15-13(5-1)14(7-12-18-15)16-8-11-17-9-3-4-10-17/h1-2,5-6,14,16H,3-4,7-12H2. The minimum atomic E-state index is 0.470. The van der Waals surface area contributed by atoms with Crippen LogP contribution in [-0.4, -0.2) is 37.7 Å². The number of para-hydroxylation sites is 1. The van der Waals surface area contributed by atoms with Gasteiger partial charge in [0.25, 0.3) is 0 Å². The van der Waals surface area contributed by atoms with Gasteiger partial charge in [-0.05, 0) is 32.0 Å². The second-order valence-electron chi connectivity index (χ2n) is 5.23. The summed E-state index contributed by atoms with van der Waals surface area (Å²) in [5.74, 6) is 1.06. The van der Waals surface area contributed by atoms with Gasteiger partial charge in [0.15, 0.2) is 0 Å². The molecule has 1 unspecified atom stereocenters. The molecule has 0 bridgehead atoms. The number of fused-ring (bicyclic) bond motifs is 1. The zero-order chi connectivity index (χ0) is 12.2. The quantitative estimate of drug-likeness (QED) is 0.881. The third kappa shape index (κ3) is 2.68.